The smallest absolute Gasteiger partial charge is 0.0555 e. The molecule has 0 aliphatic heterocycles. The highest BCUT2D eigenvalue weighted by atomic mass is 32.1. The van der Waals surface area contributed by atoms with E-state index < -0.39 is 0 Å². The molecule has 0 aliphatic rings. The van der Waals surface area contributed by atoms with Crippen molar-refractivity contribution >= 4 is 65.0 Å². The molecule has 35 heavy (non-hydrogen) atoms. The Morgan fingerprint density at radius 1 is 0.429 bits per heavy atom. The SMILES string of the molecule is c1ccc2c(c1)c1ccccc1n2-c1ccc(-n2c3ccccc3c3c4sccc4ccc32)cc1. The number of thiophene rings is 1. The summed E-state index contributed by atoms with van der Waals surface area (Å²) in [4.78, 5) is 0. The highest BCUT2D eigenvalue weighted by Crippen LogP contribution is 2.39. The summed E-state index contributed by atoms with van der Waals surface area (Å²) in [7, 11) is 0. The average molecular weight is 465 g/mol. The molecule has 8 rings (SSSR count). The van der Waals surface area contributed by atoms with E-state index >= 15 is 0 Å². The lowest BCUT2D eigenvalue weighted by Gasteiger charge is -2.11. The Labute approximate surface area is 205 Å². The molecular weight excluding hydrogens is 444 g/mol. The average Bonchev–Trinajstić information content (AvgIpc) is 3.61. The molecule has 3 aromatic heterocycles. The third-order valence-electron chi connectivity index (χ3n) is 7.20. The largest absolute Gasteiger partial charge is 0.309 e. The van der Waals surface area contributed by atoms with Crippen LogP contribution in [0.15, 0.2) is 121 Å². The minimum absolute atomic E-state index is 1.17. The summed E-state index contributed by atoms with van der Waals surface area (Å²) in [6.07, 6.45) is 0. The Hall–Kier alpha value is -4.34. The minimum atomic E-state index is 1.17. The molecule has 0 unspecified atom stereocenters. The number of para-hydroxylation sites is 3. The van der Waals surface area contributed by atoms with Crippen LogP contribution < -0.4 is 0 Å². The highest BCUT2D eigenvalue weighted by Gasteiger charge is 2.16. The second kappa shape index (κ2) is 7.08. The van der Waals surface area contributed by atoms with E-state index in [0.29, 0.717) is 0 Å². The normalized spacial score (nSPS) is 12.0. The number of hydrogen-bond acceptors (Lipinski definition) is 1. The van der Waals surface area contributed by atoms with E-state index in [4.69, 9.17) is 0 Å². The van der Waals surface area contributed by atoms with Crippen LogP contribution in [0, 0.1) is 0 Å². The molecule has 0 bridgehead atoms. The molecular formula is C32H20N2S. The van der Waals surface area contributed by atoms with E-state index in [2.05, 4.69) is 130 Å². The van der Waals surface area contributed by atoms with Crippen LogP contribution >= 0.6 is 11.3 Å². The summed E-state index contributed by atoms with van der Waals surface area (Å²) in [5.74, 6) is 0. The van der Waals surface area contributed by atoms with Gasteiger partial charge in [-0.2, -0.15) is 0 Å². The standard InChI is InChI=1S/C32H20N2S/c1-4-10-27-24(7-1)25-8-2-5-11-28(25)33(27)22-14-16-23(17-15-22)34-29-12-6-3-9-26(29)31-30(34)18-13-21-19-20-35-32(21)31/h1-20H. The maximum absolute atomic E-state index is 2.40. The molecule has 2 nitrogen and oxygen atoms in total. The fraction of sp³-hybridized carbons (Fsp3) is 0. The maximum atomic E-state index is 2.40. The van der Waals surface area contributed by atoms with E-state index in [0.717, 1.165) is 0 Å². The van der Waals surface area contributed by atoms with E-state index in [1.165, 1.54) is 65.1 Å². The van der Waals surface area contributed by atoms with E-state index in [1.54, 1.807) is 0 Å². The fourth-order valence-corrected chi connectivity index (χ4v) is 6.66. The van der Waals surface area contributed by atoms with Gasteiger partial charge in [0.15, 0.2) is 0 Å². The van der Waals surface area contributed by atoms with Crippen LogP contribution in [-0.2, 0) is 0 Å². The lowest BCUT2D eigenvalue weighted by Crippen LogP contribution is -1.97. The highest BCUT2D eigenvalue weighted by molar-refractivity contribution is 7.18. The van der Waals surface area contributed by atoms with Gasteiger partial charge in [0.25, 0.3) is 0 Å². The Morgan fingerprint density at radius 2 is 0.943 bits per heavy atom. The molecule has 8 aromatic rings. The number of rotatable bonds is 2. The van der Waals surface area contributed by atoms with Gasteiger partial charge in [0.05, 0.1) is 22.1 Å². The second-order valence-corrected chi connectivity index (χ2v) is 9.95. The van der Waals surface area contributed by atoms with Crippen molar-refractivity contribution < 1.29 is 0 Å². The van der Waals surface area contributed by atoms with Crippen LogP contribution in [0.2, 0.25) is 0 Å². The molecule has 0 radical (unpaired) electrons. The van der Waals surface area contributed by atoms with Gasteiger partial charge in [0.2, 0.25) is 0 Å². The first-order valence-electron chi connectivity index (χ1n) is 11.9. The van der Waals surface area contributed by atoms with Crippen LogP contribution in [0.3, 0.4) is 0 Å². The van der Waals surface area contributed by atoms with E-state index in [9.17, 15) is 0 Å². The number of fused-ring (bicyclic) bond motifs is 8. The van der Waals surface area contributed by atoms with Crippen LogP contribution in [-0.4, -0.2) is 9.13 Å². The molecule has 0 saturated heterocycles. The summed E-state index contributed by atoms with van der Waals surface area (Å²) >= 11 is 1.83. The van der Waals surface area contributed by atoms with Crippen molar-refractivity contribution in [2.75, 3.05) is 0 Å². The zero-order valence-electron chi connectivity index (χ0n) is 18.8. The predicted molar refractivity (Wildman–Crippen MR) is 151 cm³/mol. The first-order valence-corrected chi connectivity index (χ1v) is 12.7. The number of aromatic nitrogens is 2. The van der Waals surface area contributed by atoms with Crippen LogP contribution in [0.4, 0.5) is 0 Å². The van der Waals surface area contributed by atoms with Crippen molar-refractivity contribution in [3.05, 3.63) is 121 Å². The molecule has 3 heterocycles. The third-order valence-corrected chi connectivity index (χ3v) is 8.15. The van der Waals surface area contributed by atoms with Crippen molar-refractivity contribution in [2.45, 2.75) is 0 Å². The topological polar surface area (TPSA) is 9.86 Å². The summed E-state index contributed by atoms with van der Waals surface area (Å²) in [5.41, 5.74) is 7.32. The first kappa shape index (κ1) is 19.0. The zero-order valence-corrected chi connectivity index (χ0v) is 19.7. The monoisotopic (exact) mass is 464 g/mol. The molecule has 0 N–H and O–H groups in total. The molecule has 0 amide bonds. The quantitative estimate of drug-likeness (QED) is 0.241. The maximum Gasteiger partial charge on any atom is 0.0555 e. The third kappa shape index (κ3) is 2.59. The number of hydrogen-bond donors (Lipinski definition) is 0. The molecule has 5 aromatic carbocycles. The van der Waals surface area contributed by atoms with Gasteiger partial charge in [-0.3, -0.25) is 0 Å². The summed E-state index contributed by atoms with van der Waals surface area (Å²) in [6.45, 7) is 0. The number of nitrogens with zero attached hydrogens (tertiary/aromatic N) is 2. The molecule has 3 heteroatoms. The van der Waals surface area contributed by atoms with Crippen LogP contribution in [0.25, 0.3) is 65.1 Å². The van der Waals surface area contributed by atoms with Crippen molar-refractivity contribution in [1.82, 2.24) is 9.13 Å². The van der Waals surface area contributed by atoms with Gasteiger partial charge in [-0.1, -0.05) is 60.7 Å². The van der Waals surface area contributed by atoms with Gasteiger partial charge in [-0.15, -0.1) is 11.3 Å². The van der Waals surface area contributed by atoms with Crippen molar-refractivity contribution in [3.8, 4) is 11.4 Å². The molecule has 0 saturated carbocycles. The summed E-state index contributed by atoms with van der Waals surface area (Å²) < 4.78 is 6.13. The molecule has 164 valence electrons. The fourth-order valence-electron chi connectivity index (χ4n) is 5.71. The van der Waals surface area contributed by atoms with Crippen LogP contribution in [0.5, 0.6) is 0 Å². The van der Waals surface area contributed by atoms with Crippen molar-refractivity contribution in [1.29, 1.82) is 0 Å². The number of benzene rings is 5. The van der Waals surface area contributed by atoms with Crippen molar-refractivity contribution in [3.63, 3.8) is 0 Å². The van der Waals surface area contributed by atoms with E-state index in [1.807, 2.05) is 11.3 Å². The Kier molecular flexibility index (Phi) is 3.85. The van der Waals surface area contributed by atoms with Gasteiger partial charge >= 0.3 is 0 Å². The molecule has 0 spiro atoms. The van der Waals surface area contributed by atoms with Crippen molar-refractivity contribution in [2.24, 2.45) is 0 Å². The molecule has 0 aliphatic carbocycles. The Morgan fingerprint density at radius 3 is 1.57 bits per heavy atom. The van der Waals surface area contributed by atoms with Gasteiger partial charge in [-0.05, 0) is 65.4 Å². The lowest BCUT2D eigenvalue weighted by atomic mass is 10.1. The zero-order chi connectivity index (χ0) is 22.9. The van der Waals surface area contributed by atoms with Gasteiger partial charge in [-0.25, -0.2) is 0 Å². The Balaban J connectivity index is 1.38. The van der Waals surface area contributed by atoms with Gasteiger partial charge in [0.1, 0.15) is 0 Å². The second-order valence-electron chi connectivity index (χ2n) is 9.04. The summed E-state index contributed by atoms with van der Waals surface area (Å²) in [6, 6.07) is 41.8. The minimum Gasteiger partial charge on any atom is -0.309 e. The van der Waals surface area contributed by atoms with Gasteiger partial charge in [0, 0.05) is 37.6 Å². The Bertz CT molecular complexity index is 2000. The van der Waals surface area contributed by atoms with Gasteiger partial charge < -0.3 is 9.13 Å². The molecule has 0 fully saturated rings. The molecule has 0 atom stereocenters. The predicted octanol–water partition coefficient (Wildman–Crippen LogP) is 9.10. The first-order chi connectivity index (χ1) is 17.4. The lowest BCUT2D eigenvalue weighted by molar-refractivity contribution is 1.14. The van der Waals surface area contributed by atoms with Crippen LogP contribution in [0.1, 0.15) is 0 Å². The summed E-state index contributed by atoms with van der Waals surface area (Å²) in [5, 5.41) is 8.73. The van der Waals surface area contributed by atoms with E-state index in [-0.39, 0.29) is 0 Å².